The second-order valence-corrected chi connectivity index (χ2v) is 4.87. The molecular weight excluding hydrogens is 267 g/mol. The van der Waals surface area contributed by atoms with Crippen LogP contribution in [-0.4, -0.2) is 9.78 Å². The Morgan fingerprint density at radius 1 is 1.20 bits per heavy atom. The van der Waals surface area contributed by atoms with Crippen molar-refractivity contribution in [2.75, 3.05) is 0 Å². The number of aromatic nitrogens is 2. The summed E-state index contributed by atoms with van der Waals surface area (Å²) in [5, 5.41) is 4.23. The summed E-state index contributed by atoms with van der Waals surface area (Å²) in [5.41, 5.74) is 7.42. The van der Waals surface area contributed by atoms with Gasteiger partial charge in [-0.2, -0.15) is 18.3 Å². The molecule has 0 atom stereocenters. The van der Waals surface area contributed by atoms with E-state index in [0.29, 0.717) is 12.2 Å². The Hall–Kier alpha value is -1.82. The standard InChI is InChI=1S/C14H16F3N3/c1-9(2)13-10(7-18)8-19-20(13)12-5-3-11(4-6-12)14(15,16)17/h3-6,8-9H,7,18H2,1-2H3. The normalized spacial score (nSPS) is 12.2. The fourth-order valence-corrected chi connectivity index (χ4v) is 2.16. The number of nitrogens with two attached hydrogens (primary N) is 1. The van der Waals surface area contributed by atoms with Crippen LogP contribution in [0.1, 0.15) is 36.6 Å². The van der Waals surface area contributed by atoms with E-state index in [-0.39, 0.29) is 5.92 Å². The fourth-order valence-electron chi connectivity index (χ4n) is 2.16. The largest absolute Gasteiger partial charge is 0.416 e. The maximum absolute atomic E-state index is 12.5. The first-order valence-electron chi connectivity index (χ1n) is 6.29. The minimum atomic E-state index is -4.33. The van der Waals surface area contributed by atoms with Crippen molar-refractivity contribution in [3.05, 3.63) is 47.3 Å². The lowest BCUT2D eigenvalue weighted by molar-refractivity contribution is -0.137. The first kappa shape index (κ1) is 14.6. The van der Waals surface area contributed by atoms with Crippen molar-refractivity contribution in [1.82, 2.24) is 9.78 Å². The van der Waals surface area contributed by atoms with Gasteiger partial charge >= 0.3 is 6.18 Å². The maximum atomic E-state index is 12.5. The number of halogens is 3. The Morgan fingerprint density at radius 3 is 2.25 bits per heavy atom. The molecule has 108 valence electrons. The van der Waals surface area contributed by atoms with Crippen LogP contribution >= 0.6 is 0 Å². The first-order valence-corrected chi connectivity index (χ1v) is 6.29. The van der Waals surface area contributed by atoms with Gasteiger partial charge in [0.25, 0.3) is 0 Å². The van der Waals surface area contributed by atoms with E-state index < -0.39 is 11.7 Å². The molecule has 2 rings (SSSR count). The predicted molar refractivity (Wildman–Crippen MR) is 70.5 cm³/mol. The highest BCUT2D eigenvalue weighted by molar-refractivity contribution is 5.38. The Morgan fingerprint density at radius 2 is 1.80 bits per heavy atom. The van der Waals surface area contributed by atoms with Crippen LogP contribution in [-0.2, 0) is 12.7 Å². The first-order chi connectivity index (χ1) is 9.34. The minimum Gasteiger partial charge on any atom is -0.326 e. The molecule has 3 nitrogen and oxygen atoms in total. The molecule has 20 heavy (non-hydrogen) atoms. The van der Waals surface area contributed by atoms with Gasteiger partial charge in [0.1, 0.15) is 0 Å². The van der Waals surface area contributed by atoms with Gasteiger partial charge in [-0.3, -0.25) is 0 Å². The van der Waals surface area contributed by atoms with Crippen LogP contribution in [0.15, 0.2) is 30.5 Å². The van der Waals surface area contributed by atoms with Gasteiger partial charge in [-0.05, 0) is 30.2 Å². The van der Waals surface area contributed by atoms with E-state index >= 15 is 0 Å². The maximum Gasteiger partial charge on any atom is 0.416 e. The van der Waals surface area contributed by atoms with Crippen molar-refractivity contribution < 1.29 is 13.2 Å². The summed E-state index contributed by atoms with van der Waals surface area (Å²) in [5.74, 6) is 0.179. The molecule has 0 aliphatic carbocycles. The third-order valence-corrected chi connectivity index (χ3v) is 3.09. The Bertz CT molecular complexity index is 583. The van der Waals surface area contributed by atoms with E-state index in [4.69, 9.17) is 5.73 Å². The van der Waals surface area contributed by atoms with E-state index in [0.717, 1.165) is 23.4 Å². The monoisotopic (exact) mass is 283 g/mol. The van der Waals surface area contributed by atoms with Gasteiger partial charge in [-0.25, -0.2) is 4.68 Å². The average molecular weight is 283 g/mol. The Kier molecular flexibility index (Phi) is 3.85. The van der Waals surface area contributed by atoms with Gasteiger partial charge in [0.05, 0.1) is 23.1 Å². The van der Waals surface area contributed by atoms with E-state index in [1.807, 2.05) is 13.8 Å². The molecule has 0 bridgehead atoms. The van der Waals surface area contributed by atoms with E-state index in [2.05, 4.69) is 5.10 Å². The SMILES string of the molecule is CC(C)c1c(CN)cnn1-c1ccc(C(F)(F)F)cc1. The van der Waals surface area contributed by atoms with Crippen molar-refractivity contribution in [3.8, 4) is 5.69 Å². The highest BCUT2D eigenvalue weighted by Crippen LogP contribution is 2.30. The summed E-state index contributed by atoms with van der Waals surface area (Å²) in [6.07, 6.45) is -2.67. The summed E-state index contributed by atoms with van der Waals surface area (Å²) in [4.78, 5) is 0. The second-order valence-electron chi connectivity index (χ2n) is 4.87. The molecule has 2 N–H and O–H groups in total. The van der Waals surface area contributed by atoms with Gasteiger partial charge in [0.2, 0.25) is 0 Å². The molecule has 1 aromatic carbocycles. The molecule has 1 heterocycles. The number of alkyl halides is 3. The zero-order valence-corrected chi connectivity index (χ0v) is 11.3. The van der Waals surface area contributed by atoms with Gasteiger partial charge in [0, 0.05) is 12.1 Å². The van der Waals surface area contributed by atoms with Gasteiger partial charge in [0.15, 0.2) is 0 Å². The molecule has 0 radical (unpaired) electrons. The van der Waals surface area contributed by atoms with Crippen LogP contribution in [0.5, 0.6) is 0 Å². The topological polar surface area (TPSA) is 43.8 Å². The predicted octanol–water partition coefficient (Wildman–Crippen LogP) is 3.47. The smallest absolute Gasteiger partial charge is 0.326 e. The number of hydrogen-bond acceptors (Lipinski definition) is 2. The number of nitrogens with zero attached hydrogens (tertiary/aromatic N) is 2. The van der Waals surface area contributed by atoms with E-state index in [9.17, 15) is 13.2 Å². The van der Waals surface area contributed by atoms with Crippen LogP contribution in [0.2, 0.25) is 0 Å². The lowest BCUT2D eigenvalue weighted by Gasteiger charge is -2.13. The van der Waals surface area contributed by atoms with Crippen molar-refractivity contribution >= 4 is 0 Å². The Labute approximate surface area is 115 Å². The zero-order chi connectivity index (χ0) is 14.9. The van der Waals surface area contributed by atoms with Gasteiger partial charge in [-0.15, -0.1) is 0 Å². The minimum absolute atomic E-state index is 0.179. The number of hydrogen-bond donors (Lipinski definition) is 1. The van der Waals surface area contributed by atoms with Crippen molar-refractivity contribution in [2.24, 2.45) is 5.73 Å². The summed E-state index contributed by atoms with van der Waals surface area (Å²) in [6.45, 7) is 4.35. The van der Waals surface area contributed by atoms with E-state index in [1.54, 1.807) is 10.9 Å². The molecule has 0 aliphatic heterocycles. The molecule has 2 aromatic rings. The zero-order valence-electron chi connectivity index (χ0n) is 11.3. The molecule has 0 unspecified atom stereocenters. The molecule has 0 saturated heterocycles. The highest BCUT2D eigenvalue weighted by Gasteiger charge is 2.30. The fraction of sp³-hybridized carbons (Fsp3) is 0.357. The molecule has 0 aliphatic rings. The molecule has 6 heteroatoms. The van der Waals surface area contributed by atoms with Crippen LogP contribution in [0.3, 0.4) is 0 Å². The lowest BCUT2D eigenvalue weighted by atomic mass is 10.1. The second kappa shape index (κ2) is 5.28. The van der Waals surface area contributed by atoms with Crippen LogP contribution in [0, 0.1) is 0 Å². The lowest BCUT2D eigenvalue weighted by Crippen LogP contribution is -2.09. The summed E-state index contributed by atoms with van der Waals surface area (Å²) >= 11 is 0. The van der Waals surface area contributed by atoms with Gasteiger partial charge < -0.3 is 5.73 Å². The van der Waals surface area contributed by atoms with Crippen molar-refractivity contribution in [1.29, 1.82) is 0 Å². The molecular formula is C14H16F3N3. The number of rotatable bonds is 3. The molecule has 0 saturated carbocycles. The Balaban J connectivity index is 2.45. The highest BCUT2D eigenvalue weighted by atomic mass is 19.4. The summed E-state index contributed by atoms with van der Waals surface area (Å²) < 4.78 is 39.3. The average Bonchev–Trinajstić information content (AvgIpc) is 2.81. The van der Waals surface area contributed by atoms with Crippen LogP contribution in [0.25, 0.3) is 5.69 Å². The molecule has 1 aromatic heterocycles. The quantitative estimate of drug-likeness (QED) is 0.937. The third kappa shape index (κ3) is 2.70. The summed E-state index contributed by atoms with van der Waals surface area (Å²) in [7, 11) is 0. The molecule has 0 amide bonds. The number of benzene rings is 1. The van der Waals surface area contributed by atoms with Crippen molar-refractivity contribution in [2.45, 2.75) is 32.5 Å². The van der Waals surface area contributed by atoms with Crippen LogP contribution < -0.4 is 5.73 Å². The van der Waals surface area contributed by atoms with Gasteiger partial charge in [-0.1, -0.05) is 13.8 Å². The van der Waals surface area contributed by atoms with Crippen molar-refractivity contribution in [3.63, 3.8) is 0 Å². The molecule has 0 spiro atoms. The van der Waals surface area contributed by atoms with E-state index in [1.165, 1.54) is 12.1 Å². The third-order valence-electron chi connectivity index (χ3n) is 3.09. The molecule has 0 fully saturated rings. The van der Waals surface area contributed by atoms with Crippen LogP contribution in [0.4, 0.5) is 13.2 Å². The summed E-state index contributed by atoms with van der Waals surface area (Å²) in [6, 6.07) is 4.95.